The monoisotopic (exact) mass is 878 g/mol. The summed E-state index contributed by atoms with van der Waals surface area (Å²) < 4.78 is 0. The number of nitrogens with zero attached hydrogens (tertiary/aromatic N) is 2. The summed E-state index contributed by atoms with van der Waals surface area (Å²) in [6.45, 7) is 16.6. The van der Waals surface area contributed by atoms with Gasteiger partial charge in [0.05, 0.1) is 22.6 Å². The van der Waals surface area contributed by atoms with Crippen molar-refractivity contribution < 1.29 is 0 Å². The molecule has 0 aliphatic heterocycles. The topological polar surface area (TPSA) is 37.3 Å². The highest BCUT2D eigenvalue weighted by Crippen LogP contribution is 2.33. The molecule has 6 rings (SSSR count). The summed E-state index contributed by atoms with van der Waals surface area (Å²) >= 11 is 0. The van der Waals surface area contributed by atoms with Gasteiger partial charge in [-0.15, -0.1) is 0 Å². The number of anilines is 1. The molecule has 0 radical (unpaired) electrons. The molecule has 338 valence electrons. The maximum atomic E-state index is 5.19. The highest BCUT2D eigenvalue weighted by molar-refractivity contribution is 6.17. The highest BCUT2D eigenvalue weighted by atomic mass is 14.9. The lowest BCUT2D eigenvalue weighted by Crippen LogP contribution is -2.13. The minimum absolute atomic E-state index is 0.176. The predicted octanol–water partition coefficient (Wildman–Crippen LogP) is 16.8. The van der Waals surface area contributed by atoms with Crippen molar-refractivity contribution in [1.29, 1.82) is 0 Å². The van der Waals surface area contributed by atoms with Gasteiger partial charge in [-0.1, -0.05) is 207 Å². The standard InChI is InChI=1S/C64H67N3/c1-9-14-15-16-20-35-60-59-34-22-21-30-51(59)39-42-61(60)62(65-7)56-33-24-32-55(46-56)54(26-11-3)45-47(6)44-50(13-5)58(49(12-4)25-10-2)43-41-57-40-38-53-37-36-52(63(66-8)64(53)67-57)31-23-29-48-27-18-17-19-28-48/h9-15,17-19,21-28,30-31,33-34,36-46,55,66H,1,5,16,20,29,32,35H2,2-4,6-8H3/b15-14-,25-10-,26-11-,31-23-,43-41+,47-44+,49-12-,54-45+,58-50-,65-62?. The Morgan fingerprint density at radius 3 is 2.36 bits per heavy atom. The van der Waals surface area contributed by atoms with Crippen molar-refractivity contribution in [3.8, 4) is 0 Å². The van der Waals surface area contributed by atoms with Crippen LogP contribution in [0.4, 0.5) is 5.69 Å². The Balaban J connectivity index is 1.33. The van der Waals surface area contributed by atoms with Crippen LogP contribution in [0.3, 0.4) is 0 Å². The van der Waals surface area contributed by atoms with Gasteiger partial charge in [0.15, 0.2) is 0 Å². The Morgan fingerprint density at radius 2 is 1.61 bits per heavy atom. The first-order valence-electron chi connectivity index (χ1n) is 23.7. The van der Waals surface area contributed by atoms with Crippen LogP contribution in [0.2, 0.25) is 0 Å². The molecule has 1 N–H and O–H groups in total. The Kier molecular flexibility index (Phi) is 18.6. The van der Waals surface area contributed by atoms with Gasteiger partial charge < -0.3 is 5.32 Å². The van der Waals surface area contributed by atoms with Gasteiger partial charge in [0.25, 0.3) is 0 Å². The predicted molar refractivity (Wildman–Crippen MR) is 296 cm³/mol. The smallest absolute Gasteiger partial charge is 0.0946 e. The van der Waals surface area contributed by atoms with Crippen LogP contribution >= 0.6 is 0 Å². The van der Waals surface area contributed by atoms with Gasteiger partial charge in [0.2, 0.25) is 0 Å². The van der Waals surface area contributed by atoms with Crippen molar-refractivity contribution in [3.63, 3.8) is 0 Å². The average molecular weight is 878 g/mol. The molecule has 3 heteroatoms. The Hall–Kier alpha value is -7.36. The molecule has 0 amide bonds. The second-order valence-corrected chi connectivity index (χ2v) is 16.7. The van der Waals surface area contributed by atoms with Crippen LogP contribution < -0.4 is 5.32 Å². The molecule has 0 bridgehead atoms. The average Bonchev–Trinajstić information content (AvgIpc) is 3.36. The van der Waals surface area contributed by atoms with Gasteiger partial charge >= 0.3 is 0 Å². The first-order chi connectivity index (χ1) is 32.8. The van der Waals surface area contributed by atoms with Gasteiger partial charge in [-0.2, -0.15) is 0 Å². The summed E-state index contributed by atoms with van der Waals surface area (Å²) in [5, 5.41) is 7.09. The summed E-state index contributed by atoms with van der Waals surface area (Å²) in [4.78, 5) is 10.2. The third-order valence-electron chi connectivity index (χ3n) is 12.1. The van der Waals surface area contributed by atoms with Crippen LogP contribution in [-0.4, -0.2) is 24.8 Å². The van der Waals surface area contributed by atoms with E-state index in [4.69, 9.17) is 9.98 Å². The van der Waals surface area contributed by atoms with E-state index in [2.05, 4.69) is 228 Å². The fraction of sp³-hybridized carbons (Fsp3) is 0.188. The van der Waals surface area contributed by atoms with Gasteiger partial charge in [-0.25, -0.2) is 4.98 Å². The summed E-state index contributed by atoms with van der Waals surface area (Å²) in [6, 6.07) is 32.3. The van der Waals surface area contributed by atoms with Gasteiger partial charge in [0.1, 0.15) is 0 Å². The fourth-order valence-electron chi connectivity index (χ4n) is 8.86. The number of aromatic nitrogens is 1. The minimum atomic E-state index is 0.176. The molecule has 0 fully saturated rings. The molecule has 4 aromatic carbocycles. The zero-order valence-corrected chi connectivity index (χ0v) is 40.5. The quantitative estimate of drug-likeness (QED) is 0.0480. The van der Waals surface area contributed by atoms with E-state index in [0.29, 0.717) is 0 Å². The Morgan fingerprint density at radius 1 is 0.836 bits per heavy atom. The molecule has 5 aromatic rings. The van der Waals surface area contributed by atoms with Crippen molar-refractivity contribution in [1.82, 2.24) is 4.98 Å². The van der Waals surface area contributed by atoms with E-state index >= 15 is 0 Å². The fourth-order valence-corrected chi connectivity index (χ4v) is 8.86. The molecule has 1 aliphatic carbocycles. The number of nitrogens with one attached hydrogen (secondary N) is 1. The molecule has 0 spiro atoms. The van der Waals surface area contributed by atoms with Crippen molar-refractivity contribution in [2.45, 2.75) is 59.8 Å². The van der Waals surface area contributed by atoms with Crippen molar-refractivity contribution in [3.05, 3.63) is 263 Å². The number of unbranched alkanes of at least 4 members (excludes halogenated alkanes) is 1. The number of hydrogen-bond acceptors (Lipinski definition) is 3. The molecular weight excluding hydrogens is 811 g/mol. The van der Waals surface area contributed by atoms with E-state index in [9.17, 15) is 0 Å². The normalized spacial score (nSPS) is 15.8. The van der Waals surface area contributed by atoms with Crippen LogP contribution in [-0.2, 0) is 12.8 Å². The zero-order chi connectivity index (χ0) is 47.4. The van der Waals surface area contributed by atoms with Crippen LogP contribution in [0.5, 0.6) is 0 Å². The first-order valence-corrected chi connectivity index (χ1v) is 23.7. The number of hydrogen-bond donors (Lipinski definition) is 1. The van der Waals surface area contributed by atoms with E-state index in [1.807, 2.05) is 32.3 Å². The van der Waals surface area contributed by atoms with Crippen LogP contribution in [0.25, 0.3) is 33.8 Å². The van der Waals surface area contributed by atoms with Crippen molar-refractivity contribution in [2.75, 3.05) is 19.4 Å². The molecular formula is C64H67N3. The molecule has 0 saturated carbocycles. The van der Waals surface area contributed by atoms with Gasteiger partial charge in [0, 0.05) is 31.0 Å². The third-order valence-corrected chi connectivity index (χ3v) is 12.1. The molecule has 1 aliphatic rings. The number of benzene rings is 4. The number of rotatable bonds is 20. The lowest BCUT2D eigenvalue weighted by atomic mass is 9.83. The molecule has 3 nitrogen and oxygen atoms in total. The van der Waals surface area contributed by atoms with Crippen molar-refractivity contribution >= 4 is 45.2 Å². The number of pyridine rings is 1. The van der Waals surface area contributed by atoms with E-state index in [1.54, 1.807) is 0 Å². The Bertz CT molecular complexity index is 2930. The largest absolute Gasteiger partial charge is 0.386 e. The lowest BCUT2D eigenvalue weighted by Gasteiger charge is -2.21. The van der Waals surface area contributed by atoms with Gasteiger partial charge in [-0.05, 0) is 127 Å². The zero-order valence-electron chi connectivity index (χ0n) is 40.5. The van der Waals surface area contributed by atoms with E-state index in [-0.39, 0.29) is 5.92 Å². The molecule has 1 aromatic heterocycles. The second-order valence-electron chi connectivity index (χ2n) is 16.7. The first kappa shape index (κ1) is 49.1. The maximum Gasteiger partial charge on any atom is 0.0946 e. The summed E-state index contributed by atoms with van der Waals surface area (Å²) in [5.74, 6) is 0.176. The molecule has 1 unspecified atom stereocenters. The number of allylic oxidation sites excluding steroid dienone is 22. The van der Waals surface area contributed by atoms with Crippen LogP contribution in [0.1, 0.15) is 74.9 Å². The summed E-state index contributed by atoms with van der Waals surface area (Å²) in [7, 11) is 3.89. The van der Waals surface area contributed by atoms with E-state index in [0.717, 1.165) is 93.5 Å². The molecule has 67 heavy (non-hydrogen) atoms. The van der Waals surface area contributed by atoms with E-state index < -0.39 is 0 Å². The number of aliphatic imine (C=N–C) groups is 1. The third kappa shape index (κ3) is 12.9. The number of fused-ring (bicyclic) bond motifs is 2. The van der Waals surface area contributed by atoms with Crippen LogP contribution in [0.15, 0.2) is 240 Å². The van der Waals surface area contributed by atoms with E-state index in [1.165, 1.54) is 33.0 Å². The number of aryl methyl sites for hydroxylation is 1. The lowest BCUT2D eigenvalue weighted by molar-refractivity contribution is 0.781. The summed E-state index contributed by atoms with van der Waals surface area (Å²) in [5.41, 5.74) is 15.6. The molecule has 0 saturated heterocycles. The SMILES string of the molecule is C=C/C=C\CCCc1c(C(=NC)C2=CC(C(/C=C\C)=C/C(C)=C/C(C=C)=C(/C=C/c3ccc4ccc(/C=C\Cc5ccccc5)c(NC)c4n3)C(\C=C/C)=C/C)CC=C2)ccc2ccccc12. The minimum Gasteiger partial charge on any atom is -0.386 e. The maximum absolute atomic E-state index is 5.19. The second kappa shape index (κ2) is 25.4. The molecule has 1 atom stereocenters. The van der Waals surface area contributed by atoms with Gasteiger partial charge in [-0.3, -0.25) is 4.99 Å². The van der Waals surface area contributed by atoms with Crippen LogP contribution in [0, 0.1) is 5.92 Å². The molecule has 1 heterocycles. The highest BCUT2D eigenvalue weighted by Gasteiger charge is 2.20. The summed E-state index contributed by atoms with van der Waals surface area (Å²) in [6.07, 6.45) is 43.9. The van der Waals surface area contributed by atoms with Crippen molar-refractivity contribution in [2.24, 2.45) is 10.9 Å². The Labute approximate surface area is 401 Å².